The van der Waals surface area contributed by atoms with Crippen molar-refractivity contribution in [1.29, 1.82) is 0 Å². The van der Waals surface area contributed by atoms with Gasteiger partial charge in [0.2, 0.25) is 0 Å². The van der Waals surface area contributed by atoms with Crippen molar-refractivity contribution in [3.8, 4) is 0 Å². The van der Waals surface area contributed by atoms with E-state index < -0.39 is 10.0 Å². The fourth-order valence-electron chi connectivity index (χ4n) is 2.26. The number of aromatic amines is 1. The zero-order chi connectivity index (χ0) is 15.6. The Kier molecular flexibility index (Phi) is 4.37. The van der Waals surface area contributed by atoms with Crippen LogP contribution in [0.2, 0.25) is 0 Å². The van der Waals surface area contributed by atoms with Gasteiger partial charge in [-0.1, -0.05) is 26.0 Å². The van der Waals surface area contributed by atoms with Crippen molar-refractivity contribution < 1.29 is 8.42 Å². The topological polar surface area (TPSA) is 74.8 Å². The highest BCUT2D eigenvalue weighted by Gasteiger charge is 2.22. The molecule has 0 fully saturated rings. The van der Waals surface area contributed by atoms with Crippen molar-refractivity contribution >= 4 is 15.7 Å². The molecule has 1 unspecified atom stereocenters. The Bertz CT molecular complexity index is 698. The third-order valence-corrected chi connectivity index (χ3v) is 5.32. The second kappa shape index (κ2) is 5.89. The first-order chi connectivity index (χ1) is 9.85. The van der Waals surface area contributed by atoms with E-state index in [1.807, 2.05) is 12.1 Å². The second-order valence-corrected chi connectivity index (χ2v) is 6.92. The van der Waals surface area contributed by atoms with Gasteiger partial charge in [0.15, 0.2) is 0 Å². The number of sulfonamides is 1. The molecular formula is C15H21N3O2S. The molecule has 6 heteroatoms. The molecule has 0 saturated carbocycles. The summed E-state index contributed by atoms with van der Waals surface area (Å²) in [5.74, 6) is 0.467. The molecule has 0 aliphatic carbocycles. The molecule has 0 amide bonds. The fourth-order valence-corrected chi connectivity index (χ4v) is 3.69. The number of anilines is 1. The third kappa shape index (κ3) is 3.26. The summed E-state index contributed by atoms with van der Waals surface area (Å²) in [6, 6.07) is 7.51. The van der Waals surface area contributed by atoms with Crippen molar-refractivity contribution in [2.75, 3.05) is 4.72 Å². The molecule has 0 aliphatic heterocycles. The first-order valence-electron chi connectivity index (χ1n) is 6.99. The number of nitrogens with one attached hydrogen (secondary N) is 2. The van der Waals surface area contributed by atoms with Crippen molar-refractivity contribution in [2.45, 2.75) is 44.9 Å². The summed E-state index contributed by atoms with van der Waals surface area (Å²) < 4.78 is 27.4. The number of hydrogen-bond donors (Lipinski definition) is 2. The van der Waals surface area contributed by atoms with E-state index >= 15 is 0 Å². The Morgan fingerprint density at radius 1 is 1.24 bits per heavy atom. The second-order valence-electron chi connectivity index (χ2n) is 5.30. The van der Waals surface area contributed by atoms with Gasteiger partial charge in [-0.25, -0.2) is 8.42 Å². The standard InChI is InChI=1S/C15H21N3O2S/c1-5-10(2)13-6-8-14(9-7-13)18-21(19,20)15-11(3)16-17-12(15)4/h6-10,18H,5H2,1-4H3,(H,16,17). The van der Waals surface area contributed by atoms with E-state index in [-0.39, 0.29) is 4.90 Å². The first kappa shape index (κ1) is 15.6. The van der Waals surface area contributed by atoms with Gasteiger partial charge in [0, 0.05) is 5.69 Å². The molecule has 2 rings (SSSR count). The molecule has 1 aromatic carbocycles. The lowest BCUT2D eigenvalue weighted by Gasteiger charge is -2.11. The molecule has 1 heterocycles. The Morgan fingerprint density at radius 3 is 2.33 bits per heavy atom. The van der Waals surface area contributed by atoms with Gasteiger partial charge >= 0.3 is 0 Å². The van der Waals surface area contributed by atoms with E-state index in [2.05, 4.69) is 28.8 Å². The summed E-state index contributed by atoms with van der Waals surface area (Å²) >= 11 is 0. The molecule has 5 nitrogen and oxygen atoms in total. The number of benzene rings is 1. The van der Waals surface area contributed by atoms with E-state index in [0.717, 1.165) is 6.42 Å². The van der Waals surface area contributed by atoms with Crippen LogP contribution in [0.25, 0.3) is 0 Å². The van der Waals surface area contributed by atoms with Crippen LogP contribution >= 0.6 is 0 Å². The molecule has 0 aliphatic rings. The number of H-pyrrole nitrogens is 1. The van der Waals surface area contributed by atoms with Gasteiger partial charge in [0.05, 0.1) is 11.4 Å². The van der Waals surface area contributed by atoms with Crippen LogP contribution in [0.5, 0.6) is 0 Å². The monoisotopic (exact) mass is 307 g/mol. The van der Waals surface area contributed by atoms with Gasteiger partial charge in [-0.2, -0.15) is 5.10 Å². The first-order valence-corrected chi connectivity index (χ1v) is 8.47. The third-order valence-electron chi connectivity index (χ3n) is 3.67. The fraction of sp³-hybridized carbons (Fsp3) is 0.400. The van der Waals surface area contributed by atoms with Crippen molar-refractivity contribution in [3.63, 3.8) is 0 Å². The molecule has 0 bridgehead atoms. The maximum atomic E-state index is 12.4. The highest BCUT2D eigenvalue weighted by molar-refractivity contribution is 7.92. The zero-order valence-corrected chi connectivity index (χ0v) is 13.6. The summed E-state index contributed by atoms with van der Waals surface area (Å²) in [5, 5.41) is 6.62. The lowest BCUT2D eigenvalue weighted by Crippen LogP contribution is -2.14. The minimum atomic E-state index is -3.61. The molecule has 2 aromatic rings. The Morgan fingerprint density at radius 2 is 1.86 bits per heavy atom. The number of aryl methyl sites for hydroxylation is 2. The molecule has 21 heavy (non-hydrogen) atoms. The van der Waals surface area contributed by atoms with E-state index in [4.69, 9.17) is 0 Å². The van der Waals surface area contributed by atoms with E-state index in [1.165, 1.54) is 5.56 Å². The summed E-state index contributed by atoms with van der Waals surface area (Å²) in [4.78, 5) is 0.216. The summed E-state index contributed by atoms with van der Waals surface area (Å²) in [5.41, 5.74) is 2.77. The van der Waals surface area contributed by atoms with Crippen molar-refractivity contribution in [1.82, 2.24) is 10.2 Å². The lowest BCUT2D eigenvalue weighted by molar-refractivity contribution is 0.600. The summed E-state index contributed by atoms with van der Waals surface area (Å²) in [6.07, 6.45) is 1.05. The van der Waals surface area contributed by atoms with Gasteiger partial charge in [0.25, 0.3) is 10.0 Å². The molecule has 1 aromatic heterocycles. The van der Waals surface area contributed by atoms with Crippen LogP contribution in [-0.4, -0.2) is 18.6 Å². The highest BCUT2D eigenvalue weighted by Crippen LogP contribution is 2.23. The van der Waals surface area contributed by atoms with Gasteiger partial charge < -0.3 is 0 Å². The SMILES string of the molecule is CCC(C)c1ccc(NS(=O)(=O)c2c(C)n[nH]c2C)cc1. The molecule has 0 radical (unpaired) electrons. The molecule has 0 spiro atoms. The average molecular weight is 307 g/mol. The number of aromatic nitrogens is 2. The van der Waals surface area contributed by atoms with Gasteiger partial charge in [-0.05, 0) is 43.9 Å². The van der Waals surface area contributed by atoms with Crippen LogP contribution < -0.4 is 4.72 Å². The minimum absolute atomic E-state index is 0.216. The summed E-state index contributed by atoms with van der Waals surface area (Å²) in [6.45, 7) is 7.65. The maximum absolute atomic E-state index is 12.4. The molecule has 2 N–H and O–H groups in total. The van der Waals surface area contributed by atoms with E-state index in [9.17, 15) is 8.42 Å². The van der Waals surface area contributed by atoms with E-state index in [0.29, 0.717) is 23.0 Å². The number of rotatable bonds is 5. The van der Waals surface area contributed by atoms with E-state index in [1.54, 1.807) is 26.0 Å². The largest absolute Gasteiger partial charge is 0.281 e. The molecule has 0 saturated heterocycles. The van der Waals surface area contributed by atoms with Crippen LogP contribution in [0.15, 0.2) is 29.2 Å². The van der Waals surface area contributed by atoms with Gasteiger partial charge in [-0.3, -0.25) is 9.82 Å². The Hall–Kier alpha value is -1.82. The predicted octanol–water partition coefficient (Wildman–Crippen LogP) is 3.34. The normalized spacial score (nSPS) is 13.1. The van der Waals surface area contributed by atoms with Crippen LogP contribution in [-0.2, 0) is 10.0 Å². The van der Waals surface area contributed by atoms with Crippen LogP contribution in [0.4, 0.5) is 5.69 Å². The number of hydrogen-bond acceptors (Lipinski definition) is 3. The summed E-state index contributed by atoms with van der Waals surface area (Å²) in [7, 11) is -3.61. The Balaban J connectivity index is 2.25. The highest BCUT2D eigenvalue weighted by atomic mass is 32.2. The molecule has 1 atom stereocenters. The quantitative estimate of drug-likeness (QED) is 0.889. The minimum Gasteiger partial charge on any atom is -0.281 e. The van der Waals surface area contributed by atoms with Gasteiger partial charge in [0.1, 0.15) is 4.90 Å². The maximum Gasteiger partial charge on any atom is 0.265 e. The van der Waals surface area contributed by atoms with Crippen molar-refractivity contribution in [3.05, 3.63) is 41.2 Å². The zero-order valence-electron chi connectivity index (χ0n) is 12.8. The Labute approximate surface area is 125 Å². The van der Waals surface area contributed by atoms with Crippen molar-refractivity contribution in [2.24, 2.45) is 0 Å². The smallest absolute Gasteiger partial charge is 0.265 e. The average Bonchev–Trinajstić information content (AvgIpc) is 2.78. The van der Waals surface area contributed by atoms with Gasteiger partial charge in [-0.15, -0.1) is 0 Å². The number of nitrogens with zero attached hydrogens (tertiary/aromatic N) is 1. The lowest BCUT2D eigenvalue weighted by atomic mass is 9.99. The molecule has 114 valence electrons. The molecular weight excluding hydrogens is 286 g/mol. The van der Waals surface area contributed by atoms with Crippen LogP contribution in [0, 0.1) is 13.8 Å². The predicted molar refractivity (Wildman–Crippen MR) is 84.0 cm³/mol. The van der Waals surface area contributed by atoms with Crippen LogP contribution in [0.1, 0.15) is 43.1 Å². The van der Waals surface area contributed by atoms with Crippen LogP contribution in [0.3, 0.4) is 0 Å².